The van der Waals surface area contributed by atoms with Gasteiger partial charge in [-0.25, -0.2) is 0 Å². The fraction of sp³-hybridized carbons (Fsp3) is 0.417. The zero-order valence-corrected chi connectivity index (χ0v) is 10.9. The molecule has 4 nitrogen and oxygen atoms in total. The number of amides is 1. The first-order chi connectivity index (χ1) is 7.95. The van der Waals surface area contributed by atoms with Gasteiger partial charge in [-0.2, -0.15) is 0 Å². The lowest BCUT2D eigenvalue weighted by molar-refractivity contribution is -0.118. The minimum Gasteiger partial charge on any atom is -0.495 e. The molecule has 5 heteroatoms. The van der Waals surface area contributed by atoms with Gasteiger partial charge in [0.05, 0.1) is 18.2 Å². The van der Waals surface area contributed by atoms with Crippen molar-refractivity contribution in [3.8, 4) is 5.75 Å². The summed E-state index contributed by atoms with van der Waals surface area (Å²) in [6.45, 7) is 3.79. The summed E-state index contributed by atoms with van der Waals surface area (Å²) in [5.41, 5.74) is 6.36. The molecule has 1 aromatic rings. The summed E-state index contributed by atoms with van der Waals surface area (Å²) in [5, 5.41) is 3.22. The van der Waals surface area contributed by atoms with Crippen molar-refractivity contribution in [3.63, 3.8) is 0 Å². The van der Waals surface area contributed by atoms with E-state index < -0.39 is 6.04 Å². The molecule has 0 saturated heterocycles. The minimum absolute atomic E-state index is 0.0872. The van der Waals surface area contributed by atoms with Crippen LogP contribution in [0.4, 0.5) is 5.69 Å². The van der Waals surface area contributed by atoms with E-state index in [0.717, 1.165) is 0 Å². The summed E-state index contributed by atoms with van der Waals surface area (Å²) in [4.78, 5) is 11.7. The third-order valence-corrected chi connectivity index (χ3v) is 2.75. The van der Waals surface area contributed by atoms with Gasteiger partial charge in [0.1, 0.15) is 5.75 Å². The Balaban J connectivity index is 2.78. The molecule has 94 valence electrons. The van der Waals surface area contributed by atoms with E-state index in [-0.39, 0.29) is 11.8 Å². The number of methoxy groups -OCH3 is 1. The molecule has 1 atom stereocenters. The molecule has 0 aliphatic carbocycles. The quantitative estimate of drug-likeness (QED) is 0.869. The molecule has 0 radical (unpaired) electrons. The van der Waals surface area contributed by atoms with E-state index in [9.17, 15) is 4.79 Å². The van der Waals surface area contributed by atoms with Crippen molar-refractivity contribution >= 4 is 23.2 Å². The SMILES string of the molecule is COc1cc(NC(=O)C(N)C(C)C)ccc1Cl. The lowest BCUT2D eigenvalue weighted by atomic mass is 10.0. The zero-order valence-electron chi connectivity index (χ0n) is 10.2. The summed E-state index contributed by atoms with van der Waals surface area (Å²) < 4.78 is 5.06. The highest BCUT2D eigenvalue weighted by Crippen LogP contribution is 2.27. The van der Waals surface area contributed by atoms with Crippen molar-refractivity contribution in [3.05, 3.63) is 23.2 Å². The van der Waals surface area contributed by atoms with E-state index in [4.69, 9.17) is 22.1 Å². The molecule has 1 unspecified atom stereocenters. The molecule has 0 heterocycles. The third kappa shape index (κ3) is 3.61. The average molecular weight is 257 g/mol. The Kier molecular flexibility index (Phi) is 4.78. The number of anilines is 1. The van der Waals surface area contributed by atoms with Crippen LogP contribution in [0.3, 0.4) is 0 Å². The first kappa shape index (κ1) is 13.8. The highest BCUT2D eigenvalue weighted by Gasteiger charge is 2.17. The van der Waals surface area contributed by atoms with E-state index in [1.165, 1.54) is 7.11 Å². The van der Waals surface area contributed by atoms with Gasteiger partial charge in [0.25, 0.3) is 0 Å². The van der Waals surface area contributed by atoms with Crippen molar-refractivity contribution in [2.45, 2.75) is 19.9 Å². The van der Waals surface area contributed by atoms with Crippen LogP contribution in [0.5, 0.6) is 5.75 Å². The minimum atomic E-state index is -0.531. The number of benzene rings is 1. The lowest BCUT2D eigenvalue weighted by Crippen LogP contribution is -2.39. The second-order valence-electron chi connectivity index (χ2n) is 4.11. The van der Waals surface area contributed by atoms with Crippen LogP contribution in [-0.4, -0.2) is 19.1 Å². The van der Waals surface area contributed by atoms with Gasteiger partial charge in [0, 0.05) is 11.8 Å². The Morgan fingerprint density at radius 1 is 1.47 bits per heavy atom. The second-order valence-corrected chi connectivity index (χ2v) is 4.52. The number of ether oxygens (including phenoxy) is 1. The Labute approximate surface area is 106 Å². The number of rotatable bonds is 4. The van der Waals surface area contributed by atoms with Gasteiger partial charge in [-0.15, -0.1) is 0 Å². The second kappa shape index (κ2) is 5.89. The highest BCUT2D eigenvalue weighted by molar-refractivity contribution is 6.32. The van der Waals surface area contributed by atoms with Gasteiger partial charge in [0.2, 0.25) is 5.91 Å². The monoisotopic (exact) mass is 256 g/mol. The topological polar surface area (TPSA) is 64.3 Å². The molecule has 0 bridgehead atoms. The normalized spacial score (nSPS) is 12.4. The molecule has 3 N–H and O–H groups in total. The zero-order chi connectivity index (χ0) is 13.0. The molecule has 1 aromatic carbocycles. The largest absolute Gasteiger partial charge is 0.495 e. The molecule has 1 rings (SSSR count). The van der Waals surface area contributed by atoms with Gasteiger partial charge < -0.3 is 15.8 Å². The van der Waals surface area contributed by atoms with Gasteiger partial charge >= 0.3 is 0 Å². The van der Waals surface area contributed by atoms with Gasteiger partial charge in [-0.3, -0.25) is 4.79 Å². The van der Waals surface area contributed by atoms with Crippen LogP contribution in [0.25, 0.3) is 0 Å². The van der Waals surface area contributed by atoms with E-state index in [0.29, 0.717) is 16.5 Å². The Hall–Kier alpha value is -1.26. The first-order valence-electron chi connectivity index (χ1n) is 5.35. The molecule has 0 aliphatic rings. The number of halogens is 1. The molecular formula is C12H17ClN2O2. The first-order valence-corrected chi connectivity index (χ1v) is 5.73. The maximum Gasteiger partial charge on any atom is 0.241 e. The summed E-state index contributed by atoms with van der Waals surface area (Å²) in [6.07, 6.45) is 0. The molecule has 17 heavy (non-hydrogen) atoms. The fourth-order valence-electron chi connectivity index (χ4n) is 1.27. The molecule has 1 amide bonds. The summed E-state index contributed by atoms with van der Waals surface area (Å²) in [7, 11) is 1.52. The standard InChI is InChI=1S/C12H17ClN2O2/c1-7(2)11(14)12(16)15-8-4-5-9(13)10(6-8)17-3/h4-7,11H,14H2,1-3H3,(H,15,16). The Morgan fingerprint density at radius 3 is 2.65 bits per heavy atom. The maximum atomic E-state index is 11.7. The predicted molar refractivity (Wildman–Crippen MR) is 69.4 cm³/mol. The van der Waals surface area contributed by atoms with Gasteiger partial charge in [-0.1, -0.05) is 25.4 Å². The van der Waals surface area contributed by atoms with Crippen molar-refractivity contribution in [2.75, 3.05) is 12.4 Å². The molecular weight excluding hydrogens is 240 g/mol. The van der Waals surface area contributed by atoms with Crippen LogP contribution in [0.1, 0.15) is 13.8 Å². The van der Waals surface area contributed by atoms with Crippen LogP contribution in [0.15, 0.2) is 18.2 Å². The molecule has 0 spiro atoms. The number of hydrogen-bond donors (Lipinski definition) is 2. The van der Waals surface area contributed by atoms with E-state index in [1.54, 1.807) is 18.2 Å². The number of hydrogen-bond acceptors (Lipinski definition) is 3. The van der Waals surface area contributed by atoms with Crippen molar-refractivity contribution in [2.24, 2.45) is 11.7 Å². The van der Waals surface area contributed by atoms with Crippen LogP contribution in [0.2, 0.25) is 5.02 Å². The Bertz CT molecular complexity index is 407. The van der Waals surface area contributed by atoms with Gasteiger partial charge in [-0.05, 0) is 18.1 Å². The molecule has 0 fully saturated rings. The number of nitrogens with one attached hydrogen (secondary N) is 1. The van der Waals surface area contributed by atoms with E-state index >= 15 is 0 Å². The molecule has 0 aliphatic heterocycles. The Morgan fingerprint density at radius 2 is 2.12 bits per heavy atom. The maximum absolute atomic E-state index is 11.7. The number of nitrogens with two attached hydrogens (primary N) is 1. The lowest BCUT2D eigenvalue weighted by Gasteiger charge is -2.15. The molecule has 0 saturated carbocycles. The van der Waals surface area contributed by atoms with Crippen LogP contribution < -0.4 is 15.8 Å². The highest BCUT2D eigenvalue weighted by atomic mass is 35.5. The van der Waals surface area contributed by atoms with Crippen LogP contribution in [0, 0.1) is 5.92 Å². The van der Waals surface area contributed by atoms with Crippen LogP contribution in [-0.2, 0) is 4.79 Å². The van der Waals surface area contributed by atoms with Crippen molar-refractivity contribution in [1.29, 1.82) is 0 Å². The number of carbonyl (C=O) groups is 1. The summed E-state index contributed by atoms with van der Waals surface area (Å²) in [6, 6.07) is 4.50. The van der Waals surface area contributed by atoms with Crippen molar-refractivity contribution in [1.82, 2.24) is 0 Å². The van der Waals surface area contributed by atoms with Crippen LogP contribution >= 0.6 is 11.6 Å². The number of carbonyl (C=O) groups excluding carboxylic acids is 1. The third-order valence-electron chi connectivity index (χ3n) is 2.44. The van der Waals surface area contributed by atoms with Gasteiger partial charge in [0.15, 0.2) is 0 Å². The summed E-state index contributed by atoms with van der Waals surface area (Å²) in [5.74, 6) is 0.385. The fourth-order valence-corrected chi connectivity index (χ4v) is 1.46. The van der Waals surface area contributed by atoms with E-state index in [1.807, 2.05) is 13.8 Å². The smallest absolute Gasteiger partial charge is 0.241 e. The summed E-state index contributed by atoms with van der Waals surface area (Å²) >= 11 is 5.88. The predicted octanol–water partition coefficient (Wildman–Crippen LogP) is 2.27. The van der Waals surface area contributed by atoms with Crippen molar-refractivity contribution < 1.29 is 9.53 Å². The van der Waals surface area contributed by atoms with E-state index in [2.05, 4.69) is 5.32 Å². The average Bonchev–Trinajstić information content (AvgIpc) is 2.30. The molecule has 0 aromatic heterocycles.